The number of hydrogen-bond donors (Lipinski definition) is 1. The monoisotopic (exact) mass is 285 g/mol. The summed E-state index contributed by atoms with van der Waals surface area (Å²) < 4.78 is 1.99. The van der Waals surface area contributed by atoms with E-state index >= 15 is 0 Å². The normalized spacial score (nSPS) is 22.4. The summed E-state index contributed by atoms with van der Waals surface area (Å²) in [4.78, 5) is 0. The first-order chi connectivity index (χ1) is 10.2. The molecule has 0 amide bonds. The van der Waals surface area contributed by atoms with E-state index in [9.17, 15) is 0 Å². The van der Waals surface area contributed by atoms with Gasteiger partial charge in [0.25, 0.3) is 0 Å². The van der Waals surface area contributed by atoms with E-state index < -0.39 is 0 Å². The van der Waals surface area contributed by atoms with Crippen LogP contribution >= 0.6 is 0 Å². The molecule has 0 bridgehead atoms. The summed E-state index contributed by atoms with van der Waals surface area (Å²) in [6, 6.07) is 6.41. The van der Waals surface area contributed by atoms with Crippen LogP contribution in [0.4, 0.5) is 5.69 Å². The molecule has 3 rings (SSSR count). The molecule has 5 heteroatoms. The van der Waals surface area contributed by atoms with Gasteiger partial charge in [-0.3, -0.25) is 0 Å². The van der Waals surface area contributed by atoms with Crippen LogP contribution in [0.25, 0.3) is 11.4 Å². The first-order valence-corrected chi connectivity index (χ1v) is 7.83. The molecule has 1 aliphatic carbocycles. The Labute approximate surface area is 125 Å². The average Bonchev–Trinajstić information content (AvgIpc) is 2.99. The van der Waals surface area contributed by atoms with E-state index in [0.29, 0.717) is 6.04 Å². The van der Waals surface area contributed by atoms with Crippen LogP contribution in [0.15, 0.2) is 18.2 Å². The van der Waals surface area contributed by atoms with E-state index in [0.717, 1.165) is 29.4 Å². The van der Waals surface area contributed by atoms with Crippen molar-refractivity contribution in [2.75, 3.05) is 5.73 Å². The lowest BCUT2D eigenvalue weighted by atomic mass is 9.84. The van der Waals surface area contributed by atoms with Gasteiger partial charge in [0, 0.05) is 11.3 Å². The summed E-state index contributed by atoms with van der Waals surface area (Å²) in [5.74, 6) is 1.59. The second-order valence-electron chi connectivity index (χ2n) is 6.13. The van der Waals surface area contributed by atoms with Crippen LogP contribution < -0.4 is 5.73 Å². The van der Waals surface area contributed by atoms with Crippen molar-refractivity contribution < 1.29 is 0 Å². The van der Waals surface area contributed by atoms with Crippen LogP contribution in [-0.2, 0) is 0 Å². The maximum absolute atomic E-state index is 6.12. The third kappa shape index (κ3) is 2.77. The lowest BCUT2D eigenvalue weighted by Crippen LogP contribution is -2.21. The van der Waals surface area contributed by atoms with E-state index in [1.807, 2.05) is 16.8 Å². The lowest BCUT2D eigenvalue weighted by Gasteiger charge is -2.28. The van der Waals surface area contributed by atoms with Crippen molar-refractivity contribution in [3.8, 4) is 11.4 Å². The Balaban J connectivity index is 1.95. The Morgan fingerprint density at radius 3 is 3.00 bits per heavy atom. The minimum Gasteiger partial charge on any atom is -0.398 e. The maximum Gasteiger partial charge on any atom is 0.184 e. The summed E-state index contributed by atoms with van der Waals surface area (Å²) in [7, 11) is 0. The third-order valence-electron chi connectivity index (χ3n) is 4.62. The van der Waals surface area contributed by atoms with Gasteiger partial charge >= 0.3 is 0 Å². The number of aryl methyl sites for hydroxylation is 1. The molecule has 2 unspecified atom stereocenters. The topological polar surface area (TPSA) is 69.6 Å². The van der Waals surface area contributed by atoms with Gasteiger partial charge in [0.05, 0.1) is 6.04 Å². The number of nitrogens with two attached hydrogens (primary N) is 1. The molecule has 0 aliphatic heterocycles. The first kappa shape index (κ1) is 14.0. The van der Waals surface area contributed by atoms with Gasteiger partial charge in [-0.15, -0.1) is 5.10 Å². The molecule has 2 N–H and O–H groups in total. The van der Waals surface area contributed by atoms with Gasteiger partial charge in [-0.05, 0) is 48.2 Å². The Hall–Kier alpha value is -1.91. The fraction of sp³-hybridized carbons (Fsp3) is 0.562. The van der Waals surface area contributed by atoms with E-state index in [1.54, 1.807) is 0 Å². The summed E-state index contributed by atoms with van der Waals surface area (Å²) in [5, 5.41) is 12.4. The fourth-order valence-corrected chi connectivity index (χ4v) is 3.34. The van der Waals surface area contributed by atoms with E-state index in [4.69, 9.17) is 5.73 Å². The highest BCUT2D eigenvalue weighted by molar-refractivity contribution is 5.72. The molecular weight excluding hydrogens is 262 g/mol. The van der Waals surface area contributed by atoms with Crippen molar-refractivity contribution in [2.45, 2.75) is 52.0 Å². The second-order valence-corrected chi connectivity index (χ2v) is 6.13. The number of rotatable bonds is 3. The molecule has 2 aromatic rings. The number of hydrogen-bond acceptors (Lipinski definition) is 4. The Bertz CT molecular complexity index is 619. The summed E-state index contributed by atoms with van der Waals surface area (Å²) >= 11 is 0. The molecular formula is C16H23N5. The fourth-order valence-electron chi connectivity index (χ4n) is 3.34. The van der Waals surface area contributed by atoms with Crippen LogP contribution in [0, 0.1) is 12.8 Å². The molecule has 0 spiro atoms. The number of nitrogens with zero attached hydrogens (tertiary/aromatic N) is 4. The van der Waals surface area contributed by atoms with Crippen molar-refractivity contribution >= 4 is 5.69 Å². The van der Waals surface area contributed by atoms with Gasteiger partial charge in [0.15, 0.2) is 5.82 Å². The standard InChI is InChI=1S/C16H23N5/c1-3-12-5-4-6-13(10-12)21-16(18-19-20-21)14-9-11(2)7-8-15(14)17/h7-9,12-13H,3-6,10,17H2,1-2H3. The highest BCUT2D eigenvalue weighted by atomic mass is 15.5. The molecule has 1 aliphatic rings. The smallest absolute Gasteiger partial charge is 0.184 e. The predicted octanol–water partition coefficient (Wildman–Crippen LogP) is 3.37. The average molecular weight is 285 g/mol. The van der Waals surface area contributed by atoms with E-state index in [1.165, 1.54) is 31.2 Å². The van der Waals surface area contributed by atoms with Crippen molar-refractivity contribution in [1.29, 1.82) is 0 Å². The van der Waals surface area contributed by atoms with Gasteiger partial charge in [-0.25, -0.2) is 4.68 Å². The first-order valence-electron chi connectivity index (χ1n) is 7.83. The van der Waals surface area contributed by atoms with E-state index in [-0.39, 0.29) is 0 Å². The summed E-state index contributed by atoms with van der Waals surface area (Å²) in [5.41, 5.74) is 8.97. The molecule has 5 nitrogen and oxygen atoms in total. The van der Waals surface area contributed by atoms with E-state index in [2.05, 4.69) is 35.4 Å². The third-order valence-corrected chi connectivity index (χ3v) is 4.62. The number of anilines is 1. The van der Waals surface area contributed by atoms with Crippen molar-refractivity contribution in [2.24, 2.45) is 5.92 Å². The quantitative estimate of drug-likeness (QED) is 0.878. The molecule has 112 valence electrons. The Morgan fingerprint density at radius 1 is 1.33 bits per heavy atom. The van der Waals surface area contributed by atoms with Gasteiger partial charge in [0.1, 0.15) is 0 Å². The Morgan fingerprint density at radius 2 is 2.19 bits per heavy atom. The second kappa shape index (κ2) is 5.84. The summed E-state index contributed by atoms with van der Waals surface area (Å²) in [6.45, 7) is 4.33. The summed E-state index contributed by atoms with van der Waals surface area (Å²) in [6.07, 6.45) is 6.14. The minimum absolute atomic E-state index is 0.397. The predicted molar refractivity (Wildman–Crippen MR) is 83.7 cm³/mol. The largest absolute Gasteiger partial charge is 0.398 e. The zero-order chi connectivity index (χ0) is 14.8. The minimum atomic E-state index is 0.397. The zero-order valence-electron chi connectivity index (χ0n) is 12.8. The van der Waals surface area contributed by atoms with Crippen molar-refractivity contribution in [3.05, 3.63) is 23.8 Å². The van der Waals surface area contributed by atoms with Gasteiger partial charge < -0.3 is 5.73 Å². The highest BCUT2D eigenvalue weighted by Gasteiger charge is 2.26. The molecule has 21 heavy (non-hydrogen) atoms. The zero-order valence-corrected chi connectivity index (χ0v) is 12.8. The lowest BCUT2D eigenvalue weighted by molar-refractivity contribution is 0.246. The molecule has 1 heterocycles. The maximum atomic E-state index is 6.12. The SMILES string of the molecule is CCC1CCCC(n2nnnc2-c2cc(C)ccc2N)C1. The molecule has 1 saturated carbocycles. The van der Waals surface area contributed by atoms with Crippen LogP contribution in [0.1, 0.15) is 50.6 Å². The van der Waals surface area contributed by atoms with Gasteiger partial charge in [0.2, 0.25) is 0 Å². The van der Waals surface area contributed by atoms with Gasteiger partial charge in [-0.2, -0.15) is 0 Å². The van der Waals surface area contributed by atoms with Crippen molar-refractivity contribution in [1.82, 2.24) is 20.2 Å². The molecule has 0 radical (unpaired) electrons. The highest BCUT2D eigenvalue weighted by Crippen LogP contribution is 2.36. The van der Waals surface area contributed by atoms with Crippen LogP contribution in [0.3, 0.4) is 0 Å². The molecule has 1 aromatic carbocycles. The Kier molecular flexibility index (Phi) is 3.90. The number of aromatic nitrogens is 4. The van der Waals surface area contributed by atoms with Crippen molar-refractivity contribution in [3.63, 3.8) is 0 Å². The van der Waals surface area contributed by atoms with Gasteiger partial charge in [-0.1, -0.05) is 37.8 Å². The van der Waals surface area contributed by atoms with Crippen LogP contribution in [-0.4, -0.2) is 20.2 Å². The molecule has 0 saturated heterocycles. The number of tetrazole rings is 1. The number of benzene rings is 1. The number of nitrogen functional groups attached to an aromatic ring is 1. The molecule has 1 aromatic heterocycles. The van der Waals surface area contributed by atoms with Crippen LogP contribution in [0.2, 0.25) is 0 Å². The molecule has 1 fully saturated rings. The molecule has 2 atom stereocenters. The van der Waals surface area contributed by atoms with Crippen LogP contribution in [0.5, 0.6) is 0 Å².